The van der Waals surface area contributed by atoms with Gasteiger partial charge in [0.05, 0.1) is 15.9 Å². The molecule has 0 amide bonds. The van der Waals surface area contributed by atoms with Crippen LogP contribution in [0.5, 0.6) is 5.75 Å². The summed E-state index contributed by atoms with van der Waals surface area (Å²) in [5, 5.41) is 15.0. The summed E-state index contributed by atoms with van der Waals surface area (Å²) >= 11 is 1.55. The van der Waals surface area contributed by atoms with Gasteiger partial charge in [0.1, 0.15) is 5.75 Å². The van der Waals surface area contributed by atoms with Crippen molar-refractivity contribution in [3.8, 4) is 5.75 Å². The van der Waals surface area contributed by atoms with Crippen LogP contribution in [0.25, 0.3) is 10.2 Å². The minimum absolute atomic E-state index is 0.230. The monoisotopic (exact) mass is 297 g/mol. The predicted octanol–water partition coefficient (Wildman–Crippen LogP) is 4.15. The second-order valence-corrected chi connectivity index (χ2v) is 5.85. The normalized spacial score (nSPS) is 11.8. The molecule has 106 valence electrons. The van der Waals surface area contributed by atoms with Crippen molar-refractivity contribution in [2.24, 2.45) is 5.10 Å². The number of para-hydroxylation sites is 1. The number of nitrogens with one attached hydrogen (secondary N) is 1. The number of rotatable bonds is 3. The number of thiazole rings is 1. The lowest BCUT2D eigenvalue weighted by atomic mass is 10.1. The summed E-state index contributed by atoms with van der Waals surface area (Å²) in [6.45, 7) is 3.84. The van der Waals surface area contributed by atoms with Crippen molar-refractivity contribution in [2.45, 2.75) is 13.8 Å². The molecule has 3 aromatic rings. The molecule has 0 aliphatic carbocycles. The molecule has 0 spiro atoms. The van der Waals surface area contributed by atoms with Crippen LogP contribution < -0.4 is 5.43 Å². The fraction of sp³-hybridized carbons (Fsp3) is 0.125. The molecule has 3 rings (SSSR count). The first-order chi connectivity index (χ1) is 10.1. The van der Waals surface area contributed by atoms with Crippen LogP contribution >= 0.6 is 11.3 Å². The van der Waals surface area contributed by atoms with E-state index in [1.807, 2.05) is 50.2 Å². The number of aryl methyl sites for hydroxylation is 1. The number of phenols is 1. The molecule has 2 N–H and O–H groups in total. The van der Waals surface area contributed by atoms with Crippen LogP contribution in [-0.2, 0) is 0 Å². The first-order valence-corrected chi connectivity index (χ1v) is 7.41. The first-order valence-electron chi connectivity index (χ1n) is 6.59. The number of nitrogens with zero attached hydrogens (tertiary/aromatic N) is 2. The second kappa shape index (κ2) is 5.54. The Bertz CT molecular complexity index is 790. The van der Waals surface area contributed by atoms with Crippen LogP contribution in [0.15, 0.2) is 47.6 Å². The van der Waals surface area contributed by atoms with Crippen molar-refractivity contribution in [3.63, 3.8) is 0 Å². The number of aromatic hydroxyl groups is 1. The molecule has 0 aliphatic rings. The van der Waals surface area contributed by atoms with E-state index in [-0.39, 0.29) is 5.75 Å². The largest absolute Gasteiger partial charge is 0.507 e. The van der Waals surface area contributed by atoms with Gasteiger partial charge in [-0.25, -0.2) is 4.98 Å². The van der Waals surface area contributed by atoms with Crippen molar-refractivity contribution in [2.75, 3.05) is 5.43 Å². The predicted molar refractivity (Wildman–Crippen MR) is 88.3 cm³/mol. The topological polar surface area (TPSA) is 57.5 Å². The van der Waals surface area contributed by atoms with Gasteiger partial charge in [-0.15, -0.1) is 0 Å². The maximum atomic E-state index is 9.90. The zero-order chi connectivity index (χ0) is 14.8. The number of hydrazone groups is 1. The summed E-state index contributed by atoms with van der Waals surface area (Å²) in [5.41, 5.74) is 6.44. The van der Waals surface area contributed by atoms with Gasteiger partial charge in [0, 0.05) is 5.56 Å². The van der Waals surface area contributed by atoms with E-state index in [4.69, 9.17) is 0 Å². The van der Waals surface area contributed by atoms with Crippen LogP contribution in [0.1, 0.15) is 18.1 Å². The fourth-order valence-electron chi connectivity index (χ4n) is 2.05. The minimum Gasteiger partial charge on any atom is -0.507 e. The van der Waals surface area contributed by atoms with Gasteiger partial charge in [-0.05, 0) is 38.1 Å². The molecule has 1 aromatic heterocycles. The van der Waals surface area contributed by atoms with Crippen LogP contribution in [-0.4, -0.2) is 15.8 Å². The molecule has 0 bridgehead atoms. The Balaban J connectivity index is 1.86. The van der Waals surface area contributed by atoms with Crippen LogP contribution in [0.3, 0.4) is 0 Å². The summed E-state index contributed by atoms with van der Waals surface area (Å²) < 4.78 is 1.12. The van der Waals surface area contributed by atoms with Gasteiger partial charge < -0.3 is 5.11 Å². The number of phenolic OH excluding ortho intramolecular Hbond substituents is 1. The summed E-state index contributed by atoms with van der Waals surface area (Å²) in [7, 11) is 0. The Hall–Kier alpha value is -2.40. The third kappa shape index (κ3) is 2.87. The lowest BCUT2D eigenvalue weighted by Gasteiger charge is -2.05. The second-order valence-electron chi connectivity index (χ2n) is 4.82. The van der Waals surface area contributed by atoms with E-state index in [2.05, 4.69) is 15.5 Å². The maximum absolute atomic E-state index is 9.90. The van der Waals surface area contributed by atoms with Crippen molar-refractivity contribution in [1.29, 1.82) is 0 Å². The van der Waals surface area contributed by atoms with E-state index in [1.54, 1.807) is 17.4 Å². The van der Waals surface area contributed by atoms with Crippen molar-refractivity contribution in [3.05, 3.63) is 53.6 Å². The standard InChI is InChI=1S/C16H15N3OS/c1-10-7-8-14(20)12(9-10)11(2)18-19-16-17-13-5-3-4-6-15(13)21-16/h3-9,20H,1-2H3,(H,17,19)/b18-11+. The Morgan fingerprint density at radius 3 is 2.86 bits per heavy atom. The lowest BCUT2D eigenvalue weighted by molar-refractivity contribution is 0.474. The minimum atomic E-state index is 0.230. The van der Waals surface area contributed by atoms with Crippen molar-refractivity contribution < 1.29 is 5.11 Å². The first kappa shape index (κ1) is 13.6. The number of benzene rings is 2. The molecule has 1 heterocycles. The molecule has 21 heavy (non-hydrogen) atoms. The number of hydrogen-bond acceptors (Lipinski definition) is 5. The van der Waals surface area contributed by atoms with Gasteiger partial charge >= 0.3 is 0 Å². The van der Waals surface area contributed by atoms with Gasteiger partial charge in [0.15, 0.2) is 0 Å². The smallest absolute Gasteiger partial charge is 0.204 e. The molecule has 0 saturated carbocycles. The molecule has 0 radical (unpaired) electrons. The zero-order valence-corrected chi connectivity index (χ0v) is 12.6. The highest BCUT2D eigenvalue weighted by Gasteiger charge is 2.06. The molecule has 0 aliphatic heterocycles. The van der Waals surface area contributed by atoms with Crippen LogP contribution in [0, 0.1) is 6.92 Å². The Kier molecular flexibility index (Phi) is 3.58. The van der Waals surface area contributed by atoms with Gasteiger partial charge in [0.25, 0.3) is 0 Å². The van der Waals surface area contributed by atoms with E-state index < -0.39 is 0 Å². The van der Waals surface area contributed by atoms with E-state index in [0.29, 0.717) is 0 Å². The van der Waals surface area contributed by atoms with Crippen LogP contribution in [0.2, 0.25) is 0 Å². The van der Waals surface area contributed by atoms with Gasteiger partial charge in [-0.1, -0.05) is 35.1 Å². The summed E-state index contributed by atoms with van der Waals surface area (Å²) in [6.07, 6.45) is 0. The highest BCUT2D eigenvalue weighted by Crippen LogP contribution is 2.25. The Labute approximate surface area is 126 Å². The van der Waals surface area contributed by atoms with E-state index in [0.717, 1.165) is 32.2 Å². The molecule has 2 aromatic carbocycles. The summed E-state index contributed by atoms with van der Waals surface area (Å²) in [6, 6.07) is 13.4. The zero-order valence-electron chi connectivity index (χ0n) is 11.8. The number of hydrogen-bond donors (Lipinski definition) is 2. The lowest BCUT2D eigenvalue weighted by Crippen LogP contribution is -2.00. The molecular formula is C16H15N3OS. The SMILES string of the molecule is C/C(=N\Nc1nc2ccccc2s1)c1cc(C)ccc1O. The Morgan fingerprint density at radius 1 is 1.24 bits per heavy atom. The van der Waals surface area contributed by atoms with Crippen molar-refractivity contribution >= 4 is 32.4 Å². The molecule has 0 atom stereocenters. The molecule has 0 unspecified atom stereocenters. The molecule has 4 nitrogen and oxygen atoms in total. The fourth-order valence-corrected chi connectivity index (χ4v) is 2.86. The molecule has 0 fully saturated rings. The molecule has 5 heteroatoms. The van der Waals surface area contributed by atoms with Crippen LogP contribution in [0.4, 0.5) is 5.13 Å². The molecular weight excluding hydrogens is 282 g/mol. The van der Waals surface area contributed by atoms with E-state index >= 15 is 0 Å². The summed E-state index contributed by atoms with van der Waals surface area (Å²) in [5.74, 6) is 0.230. The maximum Gasteiger partial charge on any atom is 0.204 e. The third-order valence-corrected chi connectivity index (χ3v) is 4.10. The molecule has 0 saturated heterocycles. The van der Waals surface area contributed by atoms with Gasteiger partial charge in [-0.3, -0.25) is 5.43 Å². The van der Waals surface area contributed by atoms with Gasteiger partial charge in [0.2, 0.25) is 5.13 Å². The average molecular weight is 297 g/mol. The summed E-state index contributed by atoms with van der Waals surface area (Å²) in [4.78, 5) is 4.46. The Morgan fingerprint density at radius 2 is 2.05 bits per heavy atom. The van der Waals surface area contributed by atoms with E-state index in [9.17, 15) is 5.11 Å². The van der Waals surface area contributed by atoms with Crippen molar-refractivity contribution in [1.82, 2.24) is 4.98 Å². The third-order valence-electron chi connectivity index (χ3n) is 3.15. The average Bonchev–Trinajstić information content (AvgIpc) is 2.90. The number of aromatic nitrogens is 1. The number of anilines is 1. The highest BCUT2D eigenvalue weighted by molar-refractivity contribution is 7.22. The van der Waals surface area contributed by atoms with Gasteiger partial charge in [-0.2, -0.15) is 5.10 Å². The number of fused-ring (bicyclic) bond motifs is 1. The highest BCUT2D eigenvalue weighted by atomic mass is 32.1. The quantitative estimate of drug-likeness (QED) is 0.564. The van der Waals surface area contributed by atoms with E-state index in [1.165, 1.54) is 0 Å².